The molecule has 1 N–H and O–H groups in total. The average Bonchev–Trinajstić information content (AvgIpc) is 3.24. The molecular weight excluding hydrogens is 466 g/mol. The van der Waals surface area contributed by atoms with Crippen LogP contribution in [-0.2, 0) is 16.6 Å². The van der Waals surface area contributed by atoms with Crippen LogP contribution in [0.1, 0.15) is 17.0 Å². The van der Waals surface area contributed by atoms with E-state index in [1.807, 2.05) is 48.7 Å². The summed E-state index contributed by atoms with van der Waals surface area (Å²) in [6.07, 6.45) is 3.57. The third-order valence-corrected chi connectivity index (χ3v) is 6.66. The second kappa shape index (κ2) is 8.08. The number of para-hydroxylation sites is 1. The monoisotopic (exact) mass is 485 g/mol. The summed E-state index contributed by atoms with van der Waals surface area (Å²) in [5.41, 5.74) is 3.24. The highest BCUT2D eigenvalue weighted by Crippen LogP contribution is 2.25. The molecule has 0 unspecified atom stereocenters. The van der Waals surface area contributed by atoms with Gasteiger partial charge in [-0.3, -0.25) is 9.40 Å². The highest BCUT2D eigenvalue weighted by atomic mass is 79.9. The predicted octanol–water partition coefficient (Wildman–Crippen LogP) is 4.30. The molecule has 7 nitrogen and oxygen atoms in total. The molecule has 0 aliphatic heterocycles. The van der Waals surface area contributed by atoms with E-state index in [1.54, 1.807) is 41.5 Å². The van der Waals surface area contributed by atoms with Crippen molar-refractivity contribution in [1.29, 1.82) is 0 Å². The first-order valence-electron chi connectivity index (χ1n) is 9.25. The lowest BCUT2D eigenvalue weighted by Crippen LogP contribution is -2.15. The van der Waals surface area contributed by atoms with Gasteiger partial charge in [-0.25, -0.2) is 13.1 Å². The van der Waals surface area contributed by atoms with E-state index in [1.165, 1.54) is 0 Å². The topological polar surface area (TPSA) is 81.8 Å². The molecule has 0 aliphatic carbocycles. The van der Waals surface area contributed by atoms with Gasteiger partial charge in [0.05, 0.1) is 34.3 Å². The van der Waals surface area contributed by atoms with Crippen molar-refractivity contribution in [3.05, 3.63) is 88.4 Å². The molecular formula is C21H20BrN5O2S. The molecule has 2 aromatic carbocycles. The Labute approximate surface area is 183 Å². The molecule has 4 rings (SSSR count). The minimum Gasteiger partial charge on any atom is -0.280 e. The Morgan fingerprint density at radius 2 is 1.83 bits per heavy atom. The van der Waals surface area contributed by atoms with Crippen LogP contribution in [0.25, 0.3) is 5.69 Å². The van der Waals surface area contributed by atoms with Crippen LogP contribution >= 0.6 is 15.9 Å². The number of rotatable bonds is 6. The Morgan fingerprint density at radius 3 is 2.53 bits per heavy atom. The molecule has 0 spiro atoms. The number of halogens is 1. The van der Waals surface area contributed by atoms with Gasteiger partial charge in [0.25, 0.3) is 10.0 Å². The maximum atomic E-state index is 13.2. The van der Waals surface area contributed by atoms with Crippen molar-refractivity contribution < 1.29 is 8.42 Å². The average molecular weight is 486 g/mol. The molecule has 4 aromatic rings. The van der Waals surface area contributed by atoms with Crippen LogP contribution in [0.3, 0.4) is 0 Å². The number of anilines is 1. The van der Waals surface area contributed by atoms with E-state index >= 15 is 0 Å². The van der Waals surface area contributed by atoms with Crippen molar-refractivity contribution >= 4 is 31.6 Å². The van der Waals surface area contributed by atoms with Gasteiger partial charge in [0.15, 0.2) is 0 Å². The zero-order chi connectivity index (χ0) is 21.3. The van der Waals surface area contributed by atoms with Gasteiger partial charge in [-0.05, 0) is 59.6 Å². The maximum absolute atomic E-state index is 13.2. The fraction of sp³-hybridized carbons (Fsp3) is 0.143. The lowest BCUT2D eigenvalue weighted by Gasteiger charge is -2.11. The van der Waals surface area contributed by atoms with Crippen molar-refractivity contribution in [2.24, 2.45) is 0 Å². The molecule has 2 aromatic heterocycles. The molecule has 154 valence electrons. The number of nitrogens with zero attached hydrogens (tertiary/aromatic N) is 4. The Morgan fingerprint density at radius 1 is 1.07 bits per heavy atom. The Balaban J connectivity index is 1.62. The molecule has 0 radical (unpaired) electrons. The van der Waals surface area contributed by atoms with Crippen LogP contribution in [0.2, 0.25) is 0 Å². The molecule has 9 heteroatoms. The summed E-state index contributed by atoms with van der Waals surface area (Å²) in [7, 11) is -3.81. The van der Waals surface area contributed by atoms with Crippen LogP contribution < -0.4 is 4.72 Å². The first-order chi connectivity index (χ1) is 14.3. The van der Waals surface area contributed by atoms with Gasteiger partial charge in [0.1, 0.15) is 4.90 Å². The van der Waals surface area contributed by atoms with Crippen LogP contribution in [0, 0.1) is 13.8 Å². The fourth-order valence-corrected chi connectivity index (χ4v) is 5.16. The van der Waals surface area contributed by atoms with E-state index in [9.17, 15) is 8.42 Å². The van der Waals surface area contributed by atoms with Gasteiger partial charge < -0.3 is 0 Å². The first-order valence-corrected chi connectivity index (χ1v) is 11.5. The largest absolute Gasteiger partial charge is 0.280 e. The minimum absolute atomic E-state index is 0.188. The van der Waals surface area contributed by atoms with Crippen molar-refractivity contribution in [2.45, 2.75) is 25.3 Å². The summed E-state index contributed by atoms with van der Waals surface area (Å²) in [5, 5.41) is 8.68. The van der Waals surface area contributed by atoms with Crippen molar-refractivity contribution in [2.75, 3.05) is 4.72 Å². The minimum atomic E-state index is -3.81. The zero-order valence-corrected chi connectivity index (χ0v) is 18.9. The number of nitrogens with one attached hydrogen (secondary N) is 1. The third-order valence-electron chi connectivity index (χ3n) is 4.62. The number of sulfonamides is 1. The molecule has 0 fully saturated rings. The number of hydrogen-bond donors (Lipinski definition) is 1. The fourth-order valence-electron chi connectivity index (χ4n) is 3.39. The molecule has 0 saturated heterocycles. The van der Waals surface area contributed by atoms with Crippen LogP contribution in [-0.4, -0.2) is 28.0 Å². The van der Waals surface area contributed by atoms with Gasteiger partial charge in [-0.15, -0.1) is 0 Å². The summed E-state index contributed by atoms with van der Waals surface area (Å²) in [4.78, 5) is 0.188. The molecule has 0 aliphatic rings. The molecule has 0 saturated carbocycles. The number of aryl methyl sites for hydroxylation is 1. The normalized spacial score (nSPS) is 11.6. The summed E-state index contributed by atoms with van der Waals surface area (Å²) < 4.78 is 33.3. The van der Waals surface area contributed by atoms with E-state index in [4.69, 9.17) is 0 Å². The van der Waals surface area contributed by atoms with Gasteiger partial charge >= 0.3 is 0 Å². The summed E-state index contributed by atoms with van der Waals surface area (Å²) in [6, 6.07) is 16.7. The van der Waals surface area contributed by atoms with Gasteiger partial charge in [0.2, 0.25) is 0 Å². The van der Waals surface area contributed by atoms with Crippen LogP contribution in [0.4, 0.5) is 5.69 Å². The Kier molecular flexibility index (Phi) is 5.48. The standard InChI is InChI=1S/C21H20BrN5O2S/c1-15-21(16(2)27(24-15)20-9-4-3-5-10-20)30(28,29)25-19-8-6-7-17(11-19)13-26-14-18(22)12-23-26/h3-12,14,25H,13H2,1-2H3. The zero-order valence-electron chi connectivity index (χ0n) is 16.4. The predicted molar refractivity (Wildman–Crippen MR) is 119 cm³/mol. The van der Waals surface area contributed by atoms with Crippen molar-refractivity contribution in [3.8, 4) is 5.69 Å². The maximum Gasteiger partial charge on any atom is 0.265 e. The van der Waals surface area contributed by atoms with Crippen molar-refractivity contribution in [1.82, 2.24) is 19.6 Å². The lowest BCUT2D eigenvalue weighted by atomic mass is 10.2. The number of aromatic nitrogens is 4. The SMILES string of the molecule is Cc1nn(-c2ccccc2)c(C)c1S(=O)(=O)Nc1cccc(Cn2cc(Br)cn2)c1. The Hall–Kier alpha value is -2.91. The van der Waals surface area contributed by atoms with E-state index in [0.717, 1.165) is 15.7 Å². The van der Waals surface area contributed by atoms with Gasteiger partial charge in [0, 0.05) is 11.9 Å². The smallest absolute Gasteiger partial charge is 0.265 e. The second-order valence-corrected chi connectivity index (χ2v) is 9.44. The van der Waals surface area contributed by atoms with Crippen LogP contribution in [0.5, 0.6) is 0 Å². The van der Waals surface area contributed by atoms with E-state index in [0.29, 0.717) is 23.6 Å². The molecule has 30 heavy (non-hydrogen) atoms. The van der Waals surface area contributed by atoms with E-state index in [2.05, 4.69) is 30.8 Å². The molecule has 2 heterocycles. The quantitative estimate of drug-likeness (QED) is 0.441. The summed E-state index contributed by atoms with van der Waals surface area (Å²) in [5.74, 6) is 0. The molecule has 0 bridgehead atoms. The molecule has 0 amide bonds. The van der Waals surface area contributed by atoms with E-state index in [-0.39, 0.29) is 4.90 Å². The highest BCUT2D eigenvalue weighted by Gasteiger charge is 2.25. The lowest BCUT2D eigenvalue weighted by molar-refractivity contribution is 0.600. The summed E-state index contributed by atoms with van der Waals surface area (Å²) >= 11 is 3.38. The first kappa shape index (κ1) is 20.4. The van der Waals surface area contributed by atoms with Gasteiger partial charge in [-0.1, -0.05) is 30.3 Å². The highest BCUT2D eigenvalue weighted by molar-refractivity contribution is 9.10. The third kappa shape index (κ3) is 4.17. The second-order valence-electron chi connectivity index (χ2n) is 6.91. The number of hydrogen-bond acceptors (Lipinski definition) is 4. The van der Waals surface area contributed by atoms with Crippen LogP contribution in [0.15, 0.2) is 76.4 Å². The number of benzene rings is 2. The Bertz CT molecular complexity index is 1300. The molecule has 0 atom stereocenters. The van der Waals surface area contributed by atoms with Gasteiger partial charge in [-0.2, -0.15) is 10.2 Å². The van der Waals surface area contributed by atoms with E-state index < -0.39 is 10.0 Å². The van der Waals surface area contributed by atoms with Crippen molar-refractivity contribution in [3.63, 3.8) is 0 Å². The summed E-state index contributed by atoms with van der Waals surface area (Å²) in [6.45, 7) is 3.99.